The van der Waals surface area contributed by atoms with E-state index in [1.54, 1.807) is 0 Å². The number of benzene rings is 1. The smallest absolute Gasteiger partial charge is 0.234 e. The number of nitriles is 1. The summed E-state index contributed by atoms with van der Waals surface area (Å²) in [5.41, 5.74) is 1.94. The summed E-state index contributed by atoms with van der Waals surface area (Å²) in [5.74, 6) is 0.143. The highest BCUT2D eigenvalue weighted by Crippen LogP contribution is 2.10. The zero-order valence-electron chi connectivity index (χ0n) is 14.6. The van der Waals surface area contributed by atoms with E-state index in [4.69, 9.17) is 5.26 Å². The quantitative estimate of drug-likeness (QED) is 0.778. The molecule has 1 aliphatic heterocycles. The number of nitrogens with one attached hydrogen (secondary N) is 1. The van der Waals surface area contributed by atoms with Crippen molar-refractivity contribution < 1.29 is 4.79 Å². The van der Waals surface area contributed by atoms with Gasteiger partial charge < -0.3 is 5.32 Å². The molecule has 24 heavy (non-hydrogen) atoms. The second kappa shape index (κ2) is 10.1. The first-order chi connectivity index (χ1) is 11.7. The summed E-state index contributed by atoms with van der Waals surface area (Å²) >= 11 is 0. The maximum absolute atomic E-state index is 11.9. The van der Waals surface area contributed by atoms with Gasteiger partial charge in [-0.2, -0.15) is 5.26 Å². The van der Waals surface area contributed by atoms with Crippen molar-refractivity contribution in [3.05, 3.63) is 35.4 Å². The van der Waals surface area contributed by atoms with Gasteiger partial charge in [0.25, 0.3) is 0 Å². The van der Waals surface area contributed by atoms with Crippen LogP contribution in [0.1, 0.15) is 37.3 Å². The van der Waals surface area contributed by atoms with Crippen LogP contribution in [0.5, 0.6) is 0 Å². The Morgan fingerprint density at radius 3 is 2.58 bits per heavy atom. The number of carbonyl (C=O) groups excluding carboxylic acids is 1. The van der Waals surface area contributed by atoms with Crippen LogP contribution in [-0.2, 0) is 11.3 Å². The number of hydrogen-bond acceptors (Lipinski definition) is 4. The van der Waals surface area contributed by atoms with Crippen molar-refractivity contribution in [1.82, 2.24) is 15.1 Å². The molecule has 2 rings (SSSR count). The van der Waals surface area contributed by atoms with Gasteiger partial charge >= 0.3 is 0 Å². The molecular formula is C19H28N4O. The molecule has 1 heterocycles. The minimum Gasteiger partial charge on any atom is -0.355 e. The highest BCUT2D eigenvalue weighted by Gasteiger charge is 2.17. The Morgan fingerprint density at radius 1 is 1.17 bits per heavy atom. The monoisotopic (exact) mass is 328 g/mol. The fraction of sp³-hybridized carbons (Fsp3) is 0.579. The van der Waals surface area contributed by atoms with E-state index >= 15 is 0 Å². The molecule has 0 unspecified atom stereocenters. The number of rotatable bonds is 7. The maximum Gasteiger partial charge on any atom is 0.234 e. The topological polar surface area (TPSA) is 59.4 Å². The Hall–Kier alpha value is -1.90. The number of hydrogen-bond donors (Lipinski definition) is 1. The van der Waals surface area contributed by atoms with Crippen LogP contribution in [0.25, 0.3) is 0 Å². The van der Waals surface area contributed by atoms with E-state index in [1.807, 2.05) is 24.3 Å². The first-order valence-electron chi connectivity index (χ1n) is 8.91. The molecule has 0 radical (unpaired) electrons. The minimum absolute atomic E-state index is 0.143. The average molecular weight is 328 g/mol. The molecule has 1 saturated heterocycles. The summed E-state index contributed by atoms with van der Waals surface area (Å²) in [7, 11) is 0. The summed E-state index contributed by atoms with van der Waals surface area (Å²) in [6.07, 6.45) is 3.23. The normalized spacial score (nSPS) is 16.3. The van der Waals surface area contributed by atoms with E-state index in [2.05, 4.69) is 28.1 Å². The second-order valence-corrected chi connectivity index (χ2v) is 6.42. The molecule has 0 aliphatic carbocycles. The van der Waals surface area contributed by atoms with Crippen LogP contribution in [0, 0.1) is 11.3 Å². The van der Waals surface area contributed by atoms with Crippen LogP contribution in [0.2, 0.25) is 0 Å². The van der Waals surface area contributed by atoms with Crippen LogP contribution in [0.15, 0.2) is 24.3 Å². The number of unbranched alkanes of at least 4 members (excludes halogenated alkanes) is 1. The van der Waals surface area contributed by atoms with Crippen LogP contribution in [0.4, 0.5) is 0 Å². The molecule has 0 atom stereocenters. The van der Waals surface area contributed by atoms with E-state index in [1.165, 1.54) is 5.56 Å². The zero-order chi connectivity index (χ0) is 17.2. The molecule has 1 aromatic rings. The van der Waals surface area contributed by atoms with Gasteiger partial charge in [-0.3, -0.25) is 14.6 Å². The molecule has 0 aromatic heterocycles. The molecule has 5 heteroatoms. The van der Waals surface area contributed by atoms with Gasteiger partial charge in [0.2, 0.25) is 5.91 Å². The van der Waals surface area contributed by atoms with Crippen molar-refractivity contribution in [1.29, 1.82) is 5.26 Å². The van der Waals surface area contributed by atoms with Crippen molar-refractivity contribution >= 4 is 5.91 Å². The predicted octanol–water partition coefficient (Wildman–Crippen LogP) is 1.98. The Bertz CT molecular complexity index is 549. The van der Waals surface area contributed by atoms with E-state index in [-0.39, 0.29) is 5.91 Å². The van der Waals surface area contributed by atoms with Crippen molar-refractivity contribution in [2.75, 3.05) is 39.3 Å². The SMILES string of the molecule is CCCCNC(=O)CN1CCCN(Cc2ccc(C#N)cc2)CC1. The predicted molar refractivity (Wildman–Crippen MR) is 95.4 cm³/mol. The van der Waals surface area contributed by atoms with Crippen molar-refractivity contribution in [3.63, 3.8) is 0 Å². The Labute approximate surface area is 145 Å². The number of carbonyl (C=O) groups is 1. The summed E-state index contributed by atoms with van der Waals surface area (Å²) < 4.78 is 0. The van der Waals surface area contributed by atoms with Gasteiger partial charge in [0.15, 0.2) is 0 Å². The lowest BCUT2D eigenvalue weighted by Crippen LogP contribution is -2.39. The molecule has 0 saturated carbocycles. The Kier molecular flexibility index (Phi) is 7.73. The lowest BCUT2D eigenvalue weighted by molar-refractivity contribution is -0.122. The molecule has 0 bridgehead atoms. The molecule has 130 valence electrons. The van der Waals surface area contributed by atoms with Crippen LogP contribution < -0.4 is 5.32 Å². The van der Waals surface area contributed by atoms with E-state index in [0.717, 1.165) is 58.5 Å². The first kappa shape index (κ1) is 18.4. The third-order valence-electron chi connectivity index (χ3n) is 4.39. The fourth-order valence-corrected chi connectivity index (χ4v) is 2.95. The van der Waals surface area contributed by atoms with Crippen molar-refractivity contribution in [3.8, 4) is 6.07 Å². The van der Waals surface area contributed by atoms with Gasteiger partial charge in [0.1, 0.15) is 0 Å². The molecule has 5 nitrogen and oxygen atoms in total. The highest BCUT2D eigenvalue weighted by molar-refractivity contribution is 5.77. The van der Waals surface area contributed by atoms with E-state index in [0.29, 0.717) is 12.1 Å². The van der Waals surface area contributed by atoms with Crippen molar-refractivity contribution in [2.45, 2.75) is 32.7 Å². The van der Waals surface area contributed by atoms with Crippen molar-refractivity contribution in [2.24, 2.45) is 0 Å². The lowest BCUT2D eigenvalue weighted by atomic mass is 10.1. The molecule has 1 fully saturated rings. The average Bonchev–Trinajstić information content (AvgIpc) is 2.81. The third kappa shape index (κ3) is 6.31. The lowest BCUT2D eigenvalue weighted by Gasteiger charge is -2.21. The van der Waals surface area contributed by atoms with E-state index in [9.17, 15) is 4.79 Å². The largest absolute Gasteiger partial charge is 0.355 e. The maximum atomic E-state index is 11.9. The third-order valence-corrected chi connectivity index (χ3v) is 4.39. The van der Waals surface area contributed by atoms with Crippen LogP contribution in [0.3, 0.4) is 0 Å². The highest BCUT2D eigenvalue weighted by atomic mass is 16.2. The second-order valence-electron chi connectivity index (χ2n) is 6.42. The Balaban J connectivity index is 1.75. The summed E-state index contributed by atoms with van der Waals surface area (Å²) in [6.45, 7) is 8.26. The molecular weight excluding hydrogens is 300 g/mol. The zero-order valence-corrected chi connectivity index (χ0v) is 14.6. The summed E-state index contributed by atoms with van der Waals surface area (Å²) in [6, 6.07) is 9.96. The fourth-order valence-electron chi connectivity index (χ4n) is 2.95. The van der Waals surface area contributed by atoms with Gasteiger partial charge in [-0.05, 0) is 43.6 Å². The summed E-state index contributed by atoms with van der Waals surface area (Å²) in [4.78, 5) is 16.6. The molecule has 0 spiro atoms. The molecule has 1 N–H and O–H groups in total. The van der Waals surface area contributed by atoms with Crippen LogP contribution >= 0.6 is 0 Å². The number of amides is 1. The first-order valence-corrected chi connectivity index (χ1v) is 8.91. The van der Waals surface area contributed by atoms with Gasteiger partial charge in [-0.25, -0.2) is 0 Å². The summed E-state index contributed by atoms with van der Waals surface area (Å²) in [5, 5.41) is 11.9. The molecule has 1 aromatic carbocycles. The standard InChI is InChI=1S/C19H28N4O/c1-2-3-9-21-19(24)16-23-11-4-10-22(12-13-23)15-18-7-5-17(14-20)6-8-18/h5-8H,2-4,9-13,15-16H2,1H3,(H,21,24). The van der Waals surface area contributed by atoms with E-state index < -0.39 is 0 Å². The van der Waals surface area contributed by atoms with Gasteiger partial charge in [0, 0.05) is 26.2 Å². The number of nitrogens with zero attached hydrogens (tertiary/aromatic N) is 3. The van der Waals surface area contributed by atoms with Gasteiger partial charge in [0.05, 0.1) is 18.2 Å². The Morgan fingerprint density at radius 2 is 1.88 bits per heavy atom. The molecule has 1 amide bonds. The van der Waals surface area contributed by atoms with Gasteiger partial charge in [-0.1, -0.05) is 25.5 Å². The molecule has 1 aliphatic rings. The van der Waals surface area contributed by atoms with Crippen LogP contribution in [-0.4, -0.2) is 55.0 Å². The van der Waals surface area contributed by atoms with Gasteiger partial charge in [-0.15, -0.1) is 0 Å². The minimum atomic E-state index is 0.143.